The number of aromatic nitrogens is 2. The first-order valence-corrected chi connectivity index (χ1v) is 7.73. The number of rotatable bonds is 5. The second-order valence-corrected chi connectivity index (χ2v) is 5.46. The molecule has 7 heteroatoms. The van der Waals surface area contributed by atoms with E-state index in [4.69, 9.17) is 14.9 Å². The first-order chi connectivity index (χ1) is 12.0. The lowest BCUT2D eigenvalue weighted by molar-refractivity contribution is 0.189. The lowest BCUT2D eigenvalue weighted by Gasteiger charge is -2.15. The summed E-state index contributed by atoms with van der Waals surface area (Å²) in [6, 6.07) is 16.0. The monoisotopic (exact) mass is 338 g/mol. The van der Waals surface area contributed by atoms with Gasteiger partial charge in [0.25, 0.3) is 5.89 Å². The normalized spacial score (nSPS) is 11.8. The summed E-state index contributed by atoms with van der Waals surface area (Å²) in [7, 11) is 1.60. The van der Waals surface area contributed by atoms with E-state index in [2.05, 4.69) is 10.2 Å². The van der Waals surface area contributed by atoms with E-state index in [-0.39, 0.29) is 0 Å². The van der Waals surface area contributed by atoms with Crippen LogP contribution in [0.2, 0.25) is 0 Å². The van der Waals surface area contributed by atoms with Crippen LogP contribution in [0.5, 0.6) is 5.75 Å². The SMILES string of the molecule is CC(Oc1ccc(N(C)C(N)=O)cc1)c1nnc(-c2ccccc2)o1. The first kappa shape index (κ1) is 16.5. The summed E-state index contributed by atoms with van der Waals surface area (Å²) in [6.07, 6.45) is -0.412. The topological polar surface area (TPSA) is 94.5 Å². The molecule has 1 unspecified atom stereocenters. The van der Waals surface area contributed by atoms with E-state index < -0.39 is 12.1 Å². The molecule has 3 aromatic rings. The molecule has 7 nitrogen and oxygen atoms in total. The molecule has 3 rings (SSSR count). The van der Waals surface area contributed by atoms with Crippen LogP contribution in [0, 0.1) is 0 Å². The van der Waals surface area contributed by atoms with Crippen LogP contribution >= 0.6 is 0 Å². The molecule has 1 heterocycles. The van der Waals surface area contributed by atoms with Gasteiger partial charge in [-0.15, -0.1) is 10.2 Å². The van der Waals surface area contributed by atoms with Gasteiger partial charge in [0.05, 0.1) is 0 Å². The number of anilines is 1. The van der Waals surface area contributed by atoms with Crippen LogP contribution in [-0.2, 0) is 0 Å². The predicted molar refractivity (Wildman–Crippen MR) is 93.2 cm³/mol. The summed E-state index contributed by atoms with van der Waals surface area (Å²) in [5.41, 5.74) is 6.77. The summed E-state index contributed by atoms with van der Waals surface area (Å²) in [5.74, 6) is 1.45. The van der Waals surface area contributed by atoms with Crippen LogP contribution in [0.4, 0.5) is 10.5 Å². The molecule has 2 aromatic carbocycles. The molecule has 0 bridgehead atoms. The molecule has 0 aliphatic carbocycles. The quantitative estimate of drug-likeness (QED) is 0.769. The van der Waals surface area contributed by atoms with Crippen molar-refractivity contribution in [2.24, 2.45) is 5.73 Å². The van der Waals surface area contributed by atoms with Gasteiger partial charge in [0.15, 0.2) is 6.10 Å². The number of amides is 2. The number of hydrogen-bond donors (Lipinski definition) is 1. The minimum Gasteiger partial charge on any atom is -0.481 e. The van der Waals surface area contributed by atoms with E-state index in [1.165, 1.54) is 4.90 Å². The molecule has 0 fully saturated rings. The van der Waals surface area contributed by atoms with Gasteiger partial charge in [-0.25, -0.2) is 4.79 Å². The number of nitrogens with two attached hydrogens (primary N) is 1. The Morgan fingerprint density at radius 2 is 1.80 bits per heavy atom. The fourth-order valence-corrected chi connectivity index (χ4v) is 2.23. The molecule has 0 spiro atoms. The predicted octanol–water partition coefficient (Wildman–Crippen LogP) is 3.39. The second kappa shape index (κ2) is 7.04. The fraction of sp³-hybridized carbons (Fsp3) is 0.167. The molecule has 1 aromatic heterocycles. The minimum atomic E-state index is -0.527. The Kier molecular flexibility index (Phi) is 4.65. The number of carbonyl (C=O) groups excluding carboxylic acids is 1. The molecule has 0 saturated carbocycles. The zero-order valence-electron chi connectivity index (χ0n) is 13.9. The van der Waals surface area contributed by atoms with Gasteiger partial charge in [0.2, 0.25) is 5.89 Å². The molecule has 1 atom stereocenters. The Bertz CT molecular complexity index is 846. The molecule has 0 aliphatic rings. The maximum atomic E-state index is 11.2. The van der Waals surface area contributed by atoms with Gasteiger partial charge in [0.1, 0.15) is 5.75 Å². The highest BCUT2D eigenvalue weighted by molar-refractivity contribution is 5.90. The van der Waals surface area contributed by atoms with E-state index in [9.17, 15) is 4.79 Å². The van der Waals surface area contributed by atoms with Crippen molar-refractivity contribution >= 4 is 11.7 Å². The number of carbonyl (C=O) groups is 1. The summed E-state index contributed by atoms with van der Waals surface area (Å²) >= 11 is 0. The second-order valence-electron chi connectivity index (χ2n) is 5.46. The third-order valence-corrected chi connectivity index (χ3v) is 3.68. The molecular formula is C18H18N4O3. The van der Waals surface area contributed by atoms with Gasteiger partial charge in [-0.1, -0.05) is 18.2 Å². The van der Waals surface area contributed by atoms with Gasteiger partial charge in [0, 0.05) is 18.3 Å². The number of urea groups is 1. The Labute approximate surface area is 145 Å². The van der Waals surface area contributed by atoms with E-state index in [1.807, 2.05) is 37.3 Å². The summed E-state index contributed by atoms with van der Waals surface area (Å²) < 4.78 is 11.5. The Hall–Kier alpha value is -3.35. The smallest absolute Gasteiger partial charge is 0.318 e. The minimum absolute atomic E-state index is 0.386. The highest BCUT2D eigenvalue weighted by Crippen LogP contribution is 2.25. The molecule has 0 radical (unpaired) electrons. The molecule has 2 amide bonds. The molecule has 2 N–H and O–H groups in total. The highest BCUT2D eigenvalue weighted by atomic mass is 16.5. The van der Waals surface area contributed by atoms with Crippen LogP contribution in [0.25, 0.3) is 11.5 Å². The van der Waals surface area contributed by atoms with Gasteiger partial charge in [-0.3, -0.25) is 4.90 Å². The largest absolute Gasteiger partial charge is 0.481 e. The average Bonchev–Trinajstić information content (AvgIpc) is 3.13. The van der Waals surface area contributed by atoms with Crippen molar-refractivity contribution in [1.29, 1.82) is 0 Å². The van der Waals surface area contributed by atoms with Crippen LogP contribution in [0.3, 0.4) is 0 Å². The van der Waals surface area contributed by atoms with Crippen molar-refractivity contribution < 1.29 is 13.9 Å². The molecule has 0 saturated heterocycles. The maximum Gasteiger partial charge on any atom is 0.318 e. The standard InChI is InChI=1S/C18H18N4O3/c1-12(16-20-21-17(25-16)13-6-4-3-5-7-13)24-15-10-8-14(9-11-15)22(2)18(19)23/h3-12H,1-2H3,(H2,19,23). The lowest BCUT2D eigenvalue weighted by Crippen LogP contribution is -2.31. The number of benzene rings is 2. The number of hydrogen-bond acceptors (Lipinski definition) is 5. The van der Waals surface area contributed by atoms with Crippen molar-refractivity contribution in [3.05, 3.63) is 60.5 Å². The van der Waals surface area contributed by atoms with Crippen molar-refractivity contribution in [2.75, 3.05) is 11.9 Å². The Morgan fingerprint density at radius 3 is 2.44 bits per heavy atom. The number of nitrogens with zero attached hydrogens (tertiary/aromatic N) is 3. The zero-order valence-corrected chi connectivity index (χ0v) is 13.9. The molecule has 128 valence electrons. The van der Waals surface area contributed by atoms with Crippen LogP contribution in [-0.4, -0.2) is 23.3 Å². The summed E-state index contributed by atoms with van der Waals surface area (Å²) in [5, 5.41) is 8.10. The van der Waals surface area contributed by atoms with Crippen LogP contribution in [0.15, 0.2) is 59.0 Å². The van der Waals surface area contributed by atoms with Gasteiger partial charge < -0.3 is 14.9 Å². The zero-order chi connectivity index (χ0) is 17.8. The number of primary amides is 1. The summed E-state index contributed by atoms with van der Waals surface area (Å²) in [4.78, 5) is 12.5. The van der Waals surface area contributed by atoms with E-state index >= 15 is 0 Å². The van der Waals surface area contributed by atoms with E-state index in [0.717, 1.165) is 5.56 Å². The van der Waals surface area contributed by atoms with Crippen molar-refractivity contribution in [3.8, 4) is 17.2 Å². The summed E-state index contributed by atoms with van der Waals surface area (Å²) in [6.45, 7) is 1.83. The Morgan fingerprint density at radius 1 is 1.12 bits per heavy atom. The van der Waals surface area contributed by atoms with Crippen molar-refractivity contribution in [1.82, 2.24) is 10.2 Å². The van der Waals surface area contributed by atoms with Crippen LogP contribution in [0.1, 0.15) is 18.9 Å². The van der Waals surface area contributed by atoms with E-state index in [0.29, 0.717) is 23.2 Å². The average molecular weight is 338 g/mol. The van der Waals surface area contributed by atoms with Crippen LogP contribution < -0.4 is 15.4 Å². The maximum absolute atomic E-state index is 11.2. The van der Waals surface area contributed by atoms with Crippen molar-refractivity contribution in [3.63, 3.8) is 0 Å². The molecule has 0 aliphatic heterocycles. The third kappa shape index (κ3) is 3.77. The highest BCUT2D eigenvalue weighted by Gasteiger charge is 2.17. The lowest BCUT2D eigenvalue weighted by atomic mass is 10.2. The fourth-order valence-electron chi connectivity index (χ4n) is 2.23. The third-order valence-electron chi connectivity index (χ3n) is 3.68. The van der Waals surface area contributed by atoms with Gasteiger partial charge >= 0.3 is 6.03 Å². The van der Waals surface area contributed by atoms with E-state index in [1.54, 1.807) is 31.3 Å². The van der Waals surface area contributed by atoms with Gasteiger partial charge in [-0.05, 0) is 43.3 Å². The van der Waals surface area contributed by atoms with Crippen molar-refractivity contribution in [2.45, 2.75) is 13.0 Å². The molecular weight excluding hydrogens is 320 g/mol. The Balaban J connectivity index is 1.69. The first-order valence-electron chi connectivity index (χ1n) is 7.73. The number of ether oxygens (including phenoxy) is 1. The van der Waals surface area contributed by atoms with Gasteiger partial charge in [-0.2, -0.15) is 0 Å². The molecule has 25 heavy (non-hydrogen) atoms.